The minimum Gasteiger partial charge on any atom is -0.490 e. The van der Waals surface area contributed by atoms with E-state index in [0.29, 0.717) is 11.1 Å². The summed E-state index contributed by atoms with van der Waals surface area (Å²) in [5, 5.41) is 0. The van der Waals surface area contributed by atoms with Gasteiger partial charge in [0.25, 0.3) is 0 Å². The second-order valence-corrected chi connectivity index (χ2v) is 6.07. The minimum absolute atomic E-state index is 0.0371. The normalized spacial score (nSPS) is 15.5. The SMILES string of the molecule is Cc1ccc(OC2CCCCC2)c(C(=O)c2ccccc2)c1. The largest absolute Gasteiger partial charge is 0.490 e. The Morgan fingerprint density at radius 1 is 1.00 bits per heavy atom. The molecule has 1 aliphatic rings. The van der Waals surface area contributed by atoms with Gasteiger partial charge in [-0.05, 0) is 44.7 Å². The summed E-state index contributed by atoms with van der Waals surface area (Å²) in [5.41, 5.74) is 2.47. The molecule has 2 aromatic rings. The molecule has 1 saturated carbocycles. The topological polar surface area (TPSA) is 26.3 Å². The van der Waals surface area contributed by atoms with Gasteiger partial charge in [0.15, 0.2) is 5.78 Å². The molecule has 114 valence electrons. The maximum Gasteiger partial charge on any atom is 0.196 e. The lowest BCUT2D eigenvalue weighted by Crippen LogP contribution is -2.21. The first-order chi connectivity index (χ1) is 10.7. The van der Waals surface area contributed by atoms with Gasteiger partial charge in [0.05, 0.1) is 11.7 Å². The van der Waals surface area contributed by atoms with Crippen molar-refractivity contribution in [3.63, 3.8) is 0 Å². The molecule has 1 fully saturated rings. The highest BCUT2D eigenvalue weighted by atomic mass is 16.5. The summed E-state index contributed by atoms with van der Waals surface area (Å²) in [4.78, 5) is 12.8. The molecule has 2 heteroatoms. The van der Waals surface area contributed by atoms with Crippen molar-refractivity contribution < 1.29 is 9.53 Å². The highest BCUT2D eigenvalue weighted by molar-refractivity contribution is 6.10. The summed E-state index contributed by atoms with van der Waals surface area (Å²) in [6.45, 7) is 2.01. The van der Waals surface area contributed by atoms with Gasteiger partial charge in [0.2, 0.25) is 0 Å². The second kappa shape index (κ2) is 6.78. The summed E-state index contributed by atoms with van der Waals surface area (Å²) >= 11 is 0. The second-order valence-electron chi connectivity index (χ2n) is 6.07. The fraction of sp³-hybridized carbons (Fsp3) is 0.350. The number of carbonyl (C=O) groups excluding carboxylic acids is 1. The van der Waals surface area contributed by atoms with E-state index < -0.39 is 0 Å². The molecule has 0 N–H and O–H groups in total. The highest BCUT2D eigenvalue weighted by Crippen LogP contribution is 2.28. The Balaban J connectivity index is 1.89. The molecule has 3 rings (SSSR count). The van der Waals surface area contributed by atoms with E-state index in [1.165, 1.54) is 19.3 Å². The molecule has 0 amide bonds. The zero-order valence-corrected chi connectivity index (χ0v) is 13.0. The summed E-state index contributed by atoms with van der Waals surface area (Å²) in [5.74, 6) is 0.765. The molecular weight excluding hydrogens is 272 g/mol. The zero-order valence-electron chi connectivity index (χ0n) is 13.0. The quantitative estimate of drug-likeness (QED) is 0.747. The van der Waals surface area contributed by atoms with Gasteiger partial charge in [-0.2, -0.15) is 0 Å². The molecule has 0 saturated heterocycles. The summed E-state index contributed by atoms with van der Waals surface area (Å²) in [6.07, 6.45) is 6.17. The Morgan fingerprint density at radius 3 is 2.45 bits per heavy atom. The zero-order chi connectivity index (χ0) is 15.4. The fourth-order valence-electron chi connectivity index (χ4n) is 3.03. The third-order valence-corrected chi connectivity index (χ3v) is 4.26. The minimum atomic E-state index is 0.0371. The molecule has 0 spiro atoms. The number of ether oxygens (including phenoxy) is 1. The van der Waals surface area contributed by atoms with Crippen LogP contribution in [0.15, 0.2) is 48.5 Å². The van der Waals surface area contributed by atoms with Crippen LogP contribution in [-0.4, -0.2) is 11.9 Å². The molecule has 0 aromatic heterocycles. The number of ketones is 1. The van der Waals surface area contributed by atoms with Gasteiger partial charge in [-0.3, -0.25) is 4.79 Å². The van der Waals surface area contributed by atoms with E-state index in [2.05, 4.69) is 0 Å². The molecule has 0 radical (unpaired) electrons. The Labute approximate surface area is 132 Å². The molecule has 2 aromatic carbocycles. The standard InChI is InChI=1S/C20H22O2/c1-15-12-13-19(22-17-10-6-3-7-11-17)18(14-15)20(21)16-8-4-2-5-9-16/h2,4-5,8-9,12-14,17H,3,6-7,10-11H2,1H3. The predicted octanol–water partition coefficient (Wildman–Crippen LogP) is 4.94. The van der Waals surface area contributed by atoms with Crippen LogP contribution in [0, 0.1) is 6.92 Å². The maximum absolute atomic E-state index is 12.8. The average Bonchev–Trinajstić information content (AvgIpc) is 2.57. The van der Waals surface area contributed by atoms with E-state index in [-0.39, 0.29) is 11.9 Å². The summed E-state index contributed by atoms with van der Waals surface area (Å²) in [7, 11) is 0. The van der Waals surface area contributed by atoms with Crippen LogP contribution in [0.1, 0.15) is 53.6 Å². The van der Waals surface area contributed by atoms with Crippen molar-refractivity contribution in [2.75, 3.05) is 0 Å². The number of benzene rings is 2. The number of carbonyl (C=O) groups is 1. The van der Waals surface area contributed by atoms with E-state index in [0.717, 1.165) is 24.2 Å². The van der Waals surface area contributed by atoms with E-state index in [9.17, 15) is 4.79 Å². The molecule has 22 heavy (non-hydrogen) atoms. The maximum atomic E-state index is 12.8. The van der Waals surface area contributed by atoms with Crippen molar-refractivity contribution in [3.8, 4) is 5.75 Å². The fourth-order valence-corrected chi connectivity index (χ4v) is 3.03. The van der Waals surface area contributed by atoms with Crippen LogP contribution in [0.2, 0.25) is 0 Å². The summed E-state index contributed by atoms with van der Waals surface area (Å²) in [6, 6.07) is 15.3. The van der Waals surface area contributed by atoms with Crippen LogP contribution in [0.25, 0.3) is 0 Å². The van der Waals surface area contributed by atoms with Crippen LogP contribution in [0.3, 0.4) is 0 Å². The number of hydrogen-bond acceptors (Lipinski definition) is 2. The Hall–Kier alpha value is -2.09. The molecule has 2 nitrogen and oxygen atoms in total. The van der Waals surface area contributed by atoms with Crippen LogP contribution in [0.5, 0.6) is 5.75 Å². The van der Waals surface area contributed by atoms with Gasteiger partial charge in [-0.25, -0.2) is 0 Å². The van der Waals surface area contributed by atoms with Crippen molar-refractivity contribution in [2.45, 2.75) is 45.1 Å². The highest BCUT2D eigenvalue weighted by Gasteiger charge is 2.20. The molecule has 0 heterocycles. The molecule has 0 atom stereocenters. The number of rotatable bonds is 4. The van der Waals surface area contributed by atoms with Gasteiger partial charge in [-0.15, -0.1) is 0 Å². The molecule has 0 bridgehead atoms. The first-order valence-corrected chi connectivity index (χ1v) is 8.11. The monoisotopic (exact) mass is 294 g/mol. The average molecular weight is 294 g/mol. The lowest BCUT2D eigenvalue weighted by atomic mass is 9.97. The van der Waals surface area contributed by atoms with Crippen molar-refractivity contribution in [3.05, 3.63) is 65.2 Å². The smallest absolute Gasteiger partial charge is 0.196 e. The first kappa shape index (κ1) is 14.8. The van der Waals surface area contributed by atoms with E-state index >= 15 is 0 Å². The number of aryl methyl sites for hydroxylation is 1. The van der Waals surface area contributed by atoms with Crippen molar-refractivity contribution in [1.82, 2.24) is 0 Å². The van der Waals surface area contributed by atoms with Crippen molar-refractivity contribution in [2.24, 2.45) is 0 Å². The Kier molecular flexibility index (Phi) is 4.57. The van der Waals surface area contributed by atoms with E-state index in [1.807, 2.05) is 55.5 Å². The van der Waals surface area contributed by atoms with Crippen LogP contribution in [-0.2, 0) is 0 Å². The molecule has 1 aliphatic carbocycles. The van der Waals surface area contributed by atoms with Gasteiger partial charge in [0.1, 0.15) is 5.75 Å². The van der Waals surface area contributed by atoms with Crippen LogP contribution >= 0.6 is 0 Å². The summed E-state index contributed by atoms with van der Waals surface area (Å²) < 4.78 is 6.16. The Morgan fingerprint density at radius 2 is 1.73 bits per heavy atom. The molecular formula is C20H22O2. The molecule has 0 aliphatic heterocycles. The van der Waals surface area contributed by atoms with Gasteiger partial charge < -0.3 is 4.74 Å². The van der Waals surface area contributed by atoms with Gasteiger partial charge in [-0.1, -0.05) is 48.4 Å². The van der Waals surface area contributed by atoms with Gasteiger partial charge in [0, 0.05) is 5.56 Å². The van der Waals surface area contributed by atoms with Gasteiger partial charge >= 0.3 is 0 Å². The van der Waals surface area contributed by atoms with Crippen LogP contribution < -0.4 is 4.74 Å². The van der Waals surface area contributed by atoms with Crippen LogP contribution in [0.4, 0.5) is 0 Å². The Bertz CT molecular complexity index is 640. The lowest BCUT2D eigenvalue weighted by Gasteiger charge is -2.24. The first-order valence-electron chi connectivity index (χ1n) is 8.11. The van der Waals surface area contributed by atoms with E-state index in [1.54, 1.807) is 0 Å². The third kappa shape index (κ3) is 3.38. The number of hydrogen-bond donors (Lipinski definition) is 0. The van der Waals surface area contributed by atoms with E-state index in [4.69, 9.17) is 4.74 Å². The third-order valence-electron chi connectivity index (χ3n) is 4.26. The molecule has 0 unspecified atom stereocenters. The van der Waals surface area contributed by atoms with Crippen molar-refractivity contribution in [1.29, 1.82) is 0 Å². The lowest BCUT2D eigenvalue weighted by molar-refractivity contribution is 0.102. The predicted molar refractivity (Wildman–Crippen MR) is 88.6 cm³/mol. The van der Waals surface area contributed by atoms with Crippen molar-refractivity contribution >= 4 is 5.78 Å².